The average Bonchev–Trinajstić information content (AvgIpc) is 3.19. The van der Waals surface area contributed by atoms with Gasteiger partial charge in [-0.3, -0.25) is 4.79 Å². The number of ether oxygens (including phenoxy) is 3. The zero-order valence-corrected chi connectivity index (χ0v) is 18.4. The maximum atomic E-state index is 12.9. The van der Waals surface area contributed by atoms with Gasteiger partial charge in [-0.25, -0.2) is 9.50 Å². The second kappa shape index (κ2) is 9.07. The van der Waals surface area contributed by atoms with Crippen LogP contribution in [0.2, 0.25) is 0 Å². The minimum Gasteiger partial charge on any atom is -0.497 e. The fourth-order valence-corrected chi connectivity index (χ4v) is 3.53. The van der Waals surface area contributed by atoms with Crippen molar-refractivity contribution in [2.45, 2.75) is 13.5 Å². The number of carbonyl (C=O) groups excluding carboxylic acids is 1. The molecule has 4 rings (SSSR count). The Labute approximate surface area is 185 Å². The molecule has 0 aliphatic carbocycles. The van der Waals surface area contributed by atoms with Gasteiger partial charge in [0.15, 0.2) is 5.65 Å². The lowest BCUT2D eigenvalue weighted by Gasteiger charge is -2.09. The topological polar surface area (TPSA) is 87.0 Å². The number of methoxy groups -OCH3 is 3. The number of rotatable bonds is 7. The summed E-state index contributed by atoms with van der Waals surface area (Å²) in [6.07, 6.45) is 1.58. The third kappa shape index (κ3) is 4.00. The first-order valence-corrected chi connectivity index (χ1v) is 10.0. The largest absolute Gasteiger partial charge is 0.497 e. The van der Waals surface area contributed by atoms with E-state index in [0.717, 1.165) is 28.3 Å². The van der Waals surface area contributed by atoms with Crippen molar-refractivity contribution in [1.82, 2.24) is 14.6 Å². The normalized spacial score (nSPS) is 10.9. The van der Waals surface area contributed by atoms with E-state index in [1.54, 1.807) is 56.3 Å². The van der Waals surface area contributed by atoms with Crippen molar-refractivity contribution < 1.29 is 19.0 Å². The molecule has 0 aliphatic heterocycles. The summed E-state index contributed by atoms with van der Waals surface area (Å²) in [6, 6.07) is 14.8. The number of carbonyl (C=O) groups is 1. The van der Waals surface area contributed by atoms with E-state index < -0.39 is 0 Å². The van der Waals surface area contributed by atoms with Crippen LogP contribution in [0.25, 0.3) is 16.8 Å². The highest BCUT2D eigenvalue weighted by Crippen LogP contribution is 2.30. The molecule has 0 saturated carbocycles. The Morgan fingerprint density at radius 2 is 1.59 bits per heavy atom. The van der Waals surface area contributed by atoms with Gasteiger partial charge in [0.2, 0.25) is 0 Å². The van der Waals surface area contributed by atoms with Gasteiger partial charge >= 0.3 is 0 Å². The first kappa shape index (κ1) is 21.3. The highest BCUT2D eigenvalue weighted by molar-refractivity contribution is 6.05. The number of fused-ring (bicyclic) bond motifs is 1. The van der Waals surface area contributed by atoms with E-state index in [2.05, 4.69) is 10.3 Å². The third-order valence-corrected chi connectivity index (χ3v) is 5.21. The molecule has 2 heterocycles. The number of benzene rings is 2. The van der Waals surface area contributed by atoms with Gasteiger partial charge in [-0.15, -0.1) is 0 Å². The number of anilines is 1. The van der Waals surface area contributed by atoms with Gasteiger partial charge in [0.05, 0.1) is 43.3 Å². The van der Waals surface area contributed by atoms with Gasteiger partial charge in [-0.2, -0.15) is 5.10 Å². The fraction of sp³-hybridized carbons (Fsp3) is 0.208. The van der Waals surface area contributed by atoms with Crippen LogP contribution in [0.15, 0.2) is 54.7 Å². The van der Waals surface area contributed by atoms with E-state index >= 15 is 0 Å². The number of nitrogens with one attached hydrogen (secondary N) is 1. The number of hydrogen-bond donors (Lipinski definition) is 1. The molecule has 0 atom stereocenters. The van der Waals surface area contributed by atoms with Gasteiger partial charge in [0.1, 0.15) is 11.5 Å². The summed E-state index contributed by atoms with van der Waals surface area (Å²) in [5.74, 6) is 1.22. The van der Waals surface area contributed by atoms with E-state index in [9.17, 15) is 4.79 Å². The van der Waals surface area contributed by atoms with Crippen molar-refractivity contribution in [3.05, 3.63) is 71.7 Å². The Bertz CT molecular complexity index is 1250. The summed E-state index contributed by atoms with van der Waals surface area (Å²) in [6.45, 7) is 2.16. The summed E-state index contributed by atoms with van der Waals surface area (Å²) >= 11 is 0. The van der Waals surface area contributed by atoms with Crippen LogP contribution in [0.1, 0.15) is 21.7 Å². The Kier molecular flexibility index (Phi) is 6.04. The van der Waals surface area contributed by atoms with E-state index in [1.165, 1.54) is 0 Å². The molecule has 4 aromatic rings. The van der Waals surface area contributed by atoms with Crippen LogP contribution in [0, 0.1) is 6.92 Å². The average molecular weight is 432 g/mol. The van der Waals surface area contributed by atoms with Crippen LogP contribution in [0.4, 0.5) is 5.69 Å². The maximum Gasteiger partial charge on any atom is 0.259 e. The first-order valence-electron chi connectivity index (χ1n) is 10.0. The zero-order chi connectivity index (χ0) is 22.7. The molecule has 0 aliphatic rings. The second-order valence-electron chi connectivity index (χ2n) is 7.16. The summed E-state index contributed by atoms with van der Waals surface area (Å²) in [5, 5.41) is 7.59. The molecule has 164 valence electrons. The molecule has 32 heavy (non-hydrogen) atoms. The lowest BCUT2D eigenvalue weighted by Crippen LogP contribution is -2.16. The van der Waals surface area contributed by atoms with Gasteiger partial charge in [0.25, 0.3) is 5.91 Å². The van der Waals surface area contributed by atoms with Gasteiger partial charge < -0.3 is 19.5 Å². The van der Waals surface area contributed by atoms with E-state index in [-0.39, 0.29) is 5.91 Å². The van der Waals surface area contributed by atoms with Gasteiger partial charge in [-0.05, 0) is 48.9 Å². The predicted molar refractivity (Wildman–Crippen MR) is 121 cm³/mol. The number of nitrogens with zero attached hydrogens (tertiary/aromatic N) is 3. The molecule has 0 unspecified atom stereocenters. The predicted octanol–water partition coefficient (Wildman–Crippen LogP) is 4.12. The van der Waals surface area contributed by atoms with Crippen molar-refractivity contribution in [3.8, 4) is 22.6 Å². The smallest absolute Gasteiger partial charge is 0.259 e. The minimum absolute atomic E-state index is 0.267. The molecule has 8 heteroatoms. The van der Waals surface area contributed by atoms with Crippen LogP contribution in [0.3, 0.4) is 0 Å². The fourth-order valence-electron chi connectivity index (χ4n) is 3.53. The number of aryl methyl sites for hydroxylation is 1. The molecular formula is C24H24N4O4. The standard InChI is InChI=1S/C24H24N4O4/c1-15-20(24(29)26-17-7-11-19(32-4)12-8-17)13-25-23-22(21(14-30-2)27-28(15)23)16-5-9-18(31-3)10-6-16/h5-13H,14H2,1-4H3,(H,26,29). The van der Waals surface area contributed by atoms with Crippen LogP contribution < -0.4 is 14.8 Å². The minimum atomic E-state index is -0.267. The van der Waals surface area contributed by atoms with Crippen molar-refractivity contribution in [3.63, 3.8) is 0 Å². The van der Waals surface area contributed by atoms with Crippen molar-refractivity contribution >= 4 is 17.2 Å². The summed E-state index contributed by atoms with van der Waals surface area (Å²) in [5.41, 5.74) is 4.96. The third-order valence-electron chi connectivity index (χ3n) is 5.21. The van der Waals surface area contributed by atoms with E-state index in [0.29, 0.717) is 29.2 Å². The lowest BCUT2D eigenvalue weighted by molar-refractivity contribution is 0.102. The Morgan fingerprint density at radius 1 is 0.969 bits per heavy atom. The quantitative estimate of drug-likeness (QED) is 0.473. The molecule has 0 radical (unpaired) electrons. The summed E-state index contributed by atoms with van der Waals surface area (Å²) < 4.78 is 17.5. The molecule has 1 N–H and O–H groups in total. The van der Waals surface area contributed by atoms with Crippen LogP contribution in [-0.4, -0.2) is 41.8 Å². The van der Waals surface area contributed by atoms with Gasteiger partial charge in [-0.1, -0.05) is 12.1 Å². The van der Waals surface area contributed by atoms with Crippen LogP contribution in [-0.2, 0) is 11.3 Å². The monoisotopic (exact) mass is 432 g/mol. The number of aromatic nitrogens is 3. The molecule has 0 fully saturated rings. The second-order valence-corrected chi connectivity index (χ2v) is 7.16. The van der Waals surface area contributed by atoms with E-state index in [1.807, 2.05) is 31.2 Å². The maximum absolute atomic E-state index is 12.9. The molecule has 8 nitrogen and oxygen atoms in total. The Morgan fingerprint density at radius 3 is 2.19 bits per heavy atom. The molecule has 2 aromatic heterocycles. The van der Waals surface area contributed by atoms with Crippen molar-refractivity contribution in [2.24, 2.45) is 0 Å². The number of amides is 1. The molecule has 0 spiro atoms. The Hall–Kier alpha value is -3.91. The molecule has 1 amide bonds. The SMILES string of the molecule is COCc1nn2c(C)c(C(=O)Nc3ccc(OC)cc3)cnc2c1-c1ccc(OC)cc1. The van der Waals surface area contributed by atoms with Crippen LogP contribution in [0.5, 0.6) is 11.5 Å². The number of hydrogen-bond acceptors (Lipinski definition) is 6. The highest BCUT2D eigenvalue weighted by atomic mass is 16.5. The highest BCUT2D eigenvalue weighted by Gasteiger charge is 2.20. The van der Waals surface area contributed by atoms with Crippen molar-refractivity contribution in [1.29, 1.82) is 0 Å². The molecule has 0 saturated heterocycles. The Balaban J connectivity index is 1.73. The molecule has 0 bridgehead atoms. The first-order chi connectivity index (χ1) is 15.5. The summed E-state index contributed by atoms with van der Waals surface area (Å²) in [4.78, 5) is 17.5. The molecular weight excluding hydrogens is 408 g/mol. The molecule has 2 aromatic carbocycles. The summed E-state index contributed by atoms with van der Waals surface area (Å²) in [7, 11) is 4.85. The van der Waals surface area contributed by atoms with Crippen molar-refractivity contribution in [2.75, 3.05) is 26.6 Å². The van der Waals surface area contributed by atoms with Crippen LogP contribution >= 0.6 is 0 Å². The zero-order valence-electron chi connectivity index (χ0n) is 18.4. The lowest BCUT2D eigenvalue weighted by atomic mass is 10.1. The van der Waals surface area contributed by atoms with E-state index in [4.69, 9.17) is 19.3 Å². The van der Waals surface area contributed by atoms with Gasteiger partial charge in [0, 0.05) is 19.0 Å².